The van der Waals surface area contributed by atoms with Gasteiger partial charge >= 0.3 is 0 Å². The zero-order valence-corrected chi connectivity index (χ0v) is 7.40. The predicted molar refractivity (Wildman–Crippen MR) is 49.6 cm³/mol. The molecule has 0 fully saturated rings. The van der Waals surface area contributed by atoms with Gasteiger partial charge in [-0.2, -0.15) is 5.10 Å². The minimum absolute atomic E-state index is 0.973. The highest BCUT2D eigenvalue weighted by atomic mass is 15.2. The number of fused-ring (bicyclic) bond motifs is 3. The molecule has 0 unspecified atom stereocenters. The van der Waals surface area contributed by atoms with Crippen LogP contribution in [0.3, 0.4) is 0 Å². The molecule has 0 bridgehead atoms. The summed E-state index contributed by atoms with van der Waals surface area (Å²) in [6.07, 6.45) is 8.71. The minimum atomic E-state index is 0.973. The van der Waals surface area contributed by atoms with Gasteiger partial charge in [-0.1, -0.05) is 0 Å². The van der Waals surface area contributed by atoms with Crippen LogP contribution in [-0.2, 0) is 12.8 Å². The van der Waals surface area contributed by atoms with Crippen LogP contribution in [0.15, 0.2) is 18.5 Å². The Morgan fingerprint density at radius 2 is 2.15 bits per heavy atom. The molecule has 0 amide bonds. The second kappa shape index (κ2) is 2.55. The zero-order valence-electron chi connectivity index (χ0n) is 7.40. The van der Waals surface area contributed by atoms with Crippen molar-refractivity contribution in [1.82, 2.24) is 14.6 Å². The molecule has 1 aliphatic carbocycles. The molecule has 66 valence electrons. The molecule has 0 radical (unpaired) electrons. The molecule has 2 aromatic rings. The maximum Gasteiger partial charge on any atom is 0.155 e. The summed E-state index contributed by atoms with van der Waals surface area (Å²) in [4.78, 5) is 4.35. The minimum Gasteiger partial charge on any atom is -0.237 e. The highest BCUT2D eigenvalue weighted by molar-refractivity contribution is 5.40. The molecule has 13 heavy (non-hydrogen) atoms. The van der Waals surface area contributed by atoms with Gasteiger partial charge in [0.2, 0.25) is 0 Å². The third kappa shape index (κ3) is 0.963. The SMILES string of the molecule is c1cc2ncc3c(n2n1)CCCC3. The third-order valence-corrected chi connectivity index (χ3v) is 2.71. The van der Waals surface area contributed by atoms with Gasteiger partial charge in [0, 0.05) is 18.0 Å². The molecule has 1 aliphatic rings. The van der Waals surface area contributed by atoms with Crippen LogP contribution in [0, 0.1) is 0 Å². The normalized spacial score (nSPS) is 16.0. The molecule has 2 heterocycles. The van der Waals surface area contributed by atoms with Gasteiger partial charge < -0.3 is 0 Å². The monoisotopic (exact) mass is 173 g/mol. The summed E-state index contributed by atoms with van der Waals surface area (Å²) in [6.45, 7) is 0. The Kier molecular flexibility index (Phi) is 1.39. The molecule has 0 saturated carbocycles. The molecule has 0 saturated heterocycles. The van der Waals surface area contributed by atoms with Crippen molar-refractivity contribution in [3.05, 3.63) is 29.7 Å². The first-order valence-corrected chi connectivity index (χ1v) is 4.76. The maximum atomic E-state index is 4.35. The third-order valence-electron chi connectivity index (χ3n) is 2.71. The fraction of sp³-hybridized carbons (Fsp3) is 0.400. The van der Waals surface area contributed by atoms with E-state index in [2.05, 4.69) is 10.1 Å². The Bertz CT molecular complexity index is 444. The highest BCUT2D eigenvalue weighted by Crippen LogP contribution is 2.20. The molecule has 3 nitrogen and oxygen atoms in total. The van der Waals surface area contributed by atoms with E-state index in [0.29, 0.717) is 0 Å². The van der Waals surface area contributed by atoms with Gasteiger partial charge in [0.15, 0.2) is 5.65 Å². The summed E-state index contributed by atoms with van der Waals surface area (Å²) >= 11 is 0. The first kappa shape index (κ1) is 7.06. The van der Waals surface area contributed by atoms with Gasteiger partial charge in [0.25, 0.3) is 0 Å². The van der Waals surface area contributed by atoms with E-state index >= 15 is 0 Å². The van der Waals surface area contributed by atoms with E-state index in [-0.39, 0.29) is 0 Å². The lowest BCUT2D eigenvalue weighted by Crippen LogP contribution is -2.10. The lowest BCUT2D eigenvalue weighted by atomic mass is 9.97. The summed E-state index contributed by atoms with van der Waals surface area (Å²) in [5.41, 5.74) is 3.71. The van der Waals surface area contributed by atoms with Crippen molar-refractivity contribution in [2.45, 2.75) is 25.7 Å². The molecular weight excluding hydrogens is 162 g/mol. The van der Waals surface area contributed by atoms with Crippen molar-refractivity contribution in [2.24, 2.45) is 0 Å². The second-order valence-corrected chi connectivity index (χ2v) is 3.54. The number of nitrogens with zero attached hydrogens (tertiary/aromatic N) is 3. The molecule has 3 rings (SSSR count). The smallest absolute Gasteiger partial charge is 0.155 e. The Balaban J connectivity index is 2.34. The first-order chi connectivity index (χ1) is 6.45. The van der Waals surface area contributed by atoms with Crippen LogP contribution < -0.4 is 0 Å². The van der Waals surface area contributed by atoms with E-state index in [1.165, 1.54) is 24.1 Å². The Morgan fingerprint density at radius 3 is 3.15 bits per heavy atom. The summed E-state index contributed by atoms with van der Waals surface area (Å²) in [5.74, 6) is 0. The summed E-state index contributed by atoms with van der Waals surface area (Å²) in [6, 6.07) is 1.95. The van der Waals surface area contributed by atoms with Gasteiger partial charge in [-0.3, -0.25) is 0 Å². The molecule has 0 aliphatic heterocycles. The average molecular weight is 173 g/mol. The highest BCUT2D eigenvalue weighted by Gasteiger charge is 2.12. The summed E-state index contributed by atoms with van der Waals surface area (Å²) in [5, 5.41) is 4.29. The summed E-state index contributed by atoms with van der Waals surface area (Å²) < 4.78 is 1.98. The van der Waals surface area contributed by atoms with Crippen LogP contribution >= 0.6 is 0 Å². The number of hydrogen-bond donors (Lipinski definition) is 0. The van der Waals surface area contributed by atoms with Gasteiger partial charge in [-0.25, -0.2) is 9.50 Å². The van der Waals surface area contributed by atoms with Crippen LogP contribution in [0.2, 0.25) is 0 Å². The van der Waals surface area contributed by atoms with Crippen molar-refractivity contribution in [2.75, 3.05) is 0 Å². The molecule has 0 atom stereocenters. The number of rotatable bonds is 0. The lowest BCUT2D eigenvalue weighted by Gasteiger charge is -2.15. The van der Waals surface area contributed by atoms with Gasteiger partial charge in [-0.15, -0.1) is 0 Å². The predicted octanol–water partition coefficient (Wildman–Crippen LogP) is 1.61. The standard InChI is InChI=1S/C10H11N3/c1-2-4-9-8(3-1)7-11-10-5-6-12-13(9)10/h5-7H,1-4H2. The largest absolute Gasteiger partial charge is 0.237 e. The maximum absolute atomic E-state index is 4.35. The summed E-state index contributed by atoms with van der Waals surface area (Å²) in [7, 11) is 0. The molecular formula is C10H11N3. The fourth-order valence-electron chi connectivity index (χ4n) is 2.04. The van der Waals surface area contributed by atoms with E-state index < -0.39 is 0 Å². The second-order valence-electron chi connectivity index (χ2n) is 3.54. The Hall–Kier alpha value is -1.38. The van der Waals surface area contributed by atoms with Crippen molar-refractivity contribution < 1.29 is 0 Å². The van der Waals surface area contributed by atoms with E-state index in [9.17, 15) is 0 Å². The molecule has 3 heteroatoms. The zero-order chi connectivity index (χ0) is 8.67. The molecule has 0 spiro atoms. The van der Waals surface area contributed by atoms with Crippen LogP contribution in [0.1, 0.15) is 24.1 Å². The average Bonchev–Trinajstić information content (AvgIpc) is 2.65. The van der Waals surface area contributed by atoms with E-state index in [1.54, 1.807) is 0 Å². The van der Waals surface area contributed by atoms with E-state index in [4.69, 9.17) is 0 Å². The van der Waals surface area contributed by atoms with Gasteiger partial charge in [-0.05, 0) is 31.2 Å². The van der Waals surface area contributed by atoms with Gasteiger partial charge in [0.1, 0.15) is 0 Å². The number of hydrogen-bond acceptors (Lipinski definition) is 2. The topological polar surface area (TPSA) is 30.2 Å². The van der Waals surface area contributed by atoms with E-state index in [0.717, 1.165) is 18.5 Å². The van der Waals surface area contributed by atoms with E-state index in [1.807, 2.05) is 23.0 Å². The van der Waals surface area contributed by atoms with Gasteiger partial charge in [0.05, 0.1) is 6.20 Å². The molecule has 0 aromatic carbocycles. The number of aromatic nitrogens is 3. The quantitative estimate of drug-likeness (QED) is 0.605. The Labute approximate surface area is 76.4 Å². The Morgan fingerprint density at radius 1 is 1.23 bits per heavy atom. The van der Waals surface area contributed by atoms with Crippen molar-refractivity contribution in [3.8, 4) is 0 Å². The van der Waals surface area contributed by atoms with Crippen LogP contribution in [0.25, 0.3) is 5.65 Å². The van der Waals surface area contributed by atoms with Crippen LogP contribution in [-0.4, -0.2) is 14.6 Å². The number of aryl methyl sites for hydroxylation is 2. The first-order valence-electron chi connectivity index (χ1n) is 4.76. The fourth-order valence-corrected chi connectivity index (χ4v) is 2.04. The lowest BCUT2D eigenvalue weighted by molar-refractivity contribution is 0.640. The van der Waals surface area contributed by atoms with Crippen molar-refractivity contribution in [3.63, 3.8) is 0 Å². The van der Waals surface area contributed by atoms with Crippen LogP contribution in [0.4, 0.5) is 0 Å². The molecule has 2 aromatic heterocycles. The van der Waals surface area contributed by atoms with Crippen molar-refractivity contribution >= 4 is 5.65 Å². The van der Waals surface area contributed by atoms with Crippen molar-refractivity contribution in [1.29, 1.82) is 0 Å². The van der Waals surface area contributed by atoms with Crippen LogP contribution in [0.5, 0.6) is 0 Å². The molecule has 0 N–H and O–H groups in total.